The summed E-state index contributed by atoms with van der Waals surface area (Å²) in [5.74, 6) is 0.497. The molecule has 0 N–H and O–H groups in total. The van der Waals surface area contributed by atoms with Crippen LogP contribution in [0.1, 0.15) is 54.9 Å². The number of fused-ring (bicyclic) bond motifs is 1. The number of methoxy groups -OCH3 is 1. The Morgan fingerprint density at radius 2 is 1.73 bits per heavy atom. The summed E-state index contributed by atoms with van der Waals surface area (Å²) in [5.41, 5.74) is 7.07. The molecule has 2 aromatic carbocycles. The van der Waals surface area contributed by atoms with Crippen LogP contribution in [0, 0.1) is 20.8 Å². The average Bonchev–Trinajstić information content (AvgIpc) is 3.42. The number of amides is 1. The van der Waals surface area contributed by atoms with Gasteiger partial charge >= 0.3 is 0 Å². The molecule has 212 valence electrons. The van der Waals surface area contributed by atoms with Crippen molar-refractivity contribution in [2.24, 2.45) is 4.99 Å². The predicted molar refractivity (Wildman–Crippen MR) is 165 cm³/mol. The number of aryl methyl sites for hydroxylation is 2. The molecule has 1 atom stereocenters. The van der Waals surface area contributed by atoms with Crippen LogP contribution in [0.5, 0.6) is 5.75 Å². The van der Waals surface area contributed by atoms with E-state index < -0.39 is 6.04 Å². The molecule has 0 saturated heterocycles. The number of para-hydroxylation sites is 1. The highest BCUT2D eigenvalue weighted by Gasteiger charge is 2.35. The number of carbonyl (C=O) groups is 1. The molecule has 8 heteroatoms. The molecule has 0 radical (unpaired) electrons. The predicted octanol–water partition coefficient (Wildman–Crippen LogP) is 4.83. The van der Waals surface area contributed by atoms with Gasteiger partial charge in [-0.3, -0.25) is 14.2 Å². The molecular weight excluding hydrogens is 532 g/mol. The lowest BCUT2D eigenvalue weighted by Gasteiger charge is -2.29. The summed E-state index contributed by atoms with van der Waals surface area (Å²) < 4.78 is 10.1. The fourth-order valence-electron chi connectivity index (χ4n) is 5.63. The number of likely N-dealkylation sites (N-methyl/N-ethyl adjacent to an activating group) is 1. The van der Waals surface area contributed by atoms with E-state index in [-0.39, 0.29) is 11.5 Å². The summed E-state index contributed by atoms with van der Waals surface area (Å²) >= 11 is 1.35. The molecule has 0 aliphatic carbocycles. The minimum absolute atomic E-state index is 0.122. The molecule has 4 aromatic rings. The van der Waals surface area contributed by atoms with Gasteiger partial charge in [0.15, 0.2) is 4.80 Å². The zero-order valence-electron chi connectivity index (χ0n) is 24.7. The molecular formula is C33H36N4O3S. The van der Waals surface area contributed by atoms with Crippen LogP contribution in [-0.4, -0.2) is 40.1 Å². The molecule has 7 nitrogen and oxygen atoms in total. The fourth-order valence-corrected chi connectivity index (χ4v) is 6.67. The highest BCUT2D eigenvalue weighted by molar-refractivity contribution is 7.07. The minimum Gasteiger partial charge on any atom is -0.496 e. The van der Waals surface area contributed by atoms with Gasteiger partial charge in [0.25, 0.3) is 11.5 Å². The van der Waals surface area contributed by atoms with Crippen molar-refractivity contribution in [3.05, 3.63) is 114 Å². The third-order valence-corrected chi connectivity index (χ3v) is 8.77. The van der Waals surface area contributed by atoms with E-state index in [1.54, 1.807) is 16.6 Å². The van der Waals surface area contributed by atoms with Crippen molar-refractivity contribution in [1.82, 2.24) is 14.0 Å². The Morgan fingerprint density at radius 3 is 2.39 bits per heavy atom. The van der Waals surface area contributed by atoms with Crippen LogP contribution in [0.15, 0.2) is 75.7 Å². The lowest BCUT2D eigenvalue weighted by Crippen LogP contribution is -2.43. The fraction of sp³-hybridized carbons (Fsp3) is 0.303. The molecule has 5 rings (SSSR count). The van der Waals surface area contributed by atoms with E-state index >= 15 is 0 Å². The van der Waals surface area contributed by atoms with Crippen molar-refractivity contribution < 1.29 is 9.53 Å². The number of benzene rings is 2. The number of thiazole rings is 1. The first-order valence-corrected chi connectivity index (χ1v) is 14.7. The van der Waals surface area contributed by atoms with Gasteiger partial charge in [-0.05, 0) is 77.4 Å². The van der Waals surface area contributed by atoms with Gasteiger partial charge in [-0.15, -0.1) is 0 Å². The van der Waals surface area contributed by atoms with Gasteiger partial charge in [-0.2, -0.15) is 0 Å². The molecule has 0 unspecified atom stereocenters. The Hall–Kier alpha value is -4.17. The summed E-state index contributed by atoms with van der Waals surface area (Å²) in [6.07, 6.45) is 1.95. The van der Waals surface area contributed by atoms with Crippen LogP contribution in [0.3, 0.4) is 0 Å². The zero-order chi connectivity index (χ0) is 29.4. The lowest BCUT2D eigenvalue weighted by molar-refractivity contribution is -0.127. The molecule has 0 saturated carbocycles. The van der Waals surface area contributed by atoms with E-state index in [0.29, 0.717) is 39.4 Å². The van der Waals surface area contributed by atoms with Crippen molar-refractivity contribution >= 4 is 23.3 Å². The van der Waals surface area contributed by atoms with Crippen molar-refractivity contribution in [2.45, 2.75) is 47.6 Å². The molecule has 0 fully saturated rings. The zero-order valence-corrected chi connectivity index (χ0v) is 25.5. The largest absolute Gasteiger partial charge is 0.496 e. The molecule has 0 spiro atoms. The maximum absolute atomic E-state index is 14.2. The standard InChI is InChI=1S/C33H36N4O3S/c1-8-35(9-2)32(39)29-22(5)34-33-37(30(29)26-12-10-11-13-27(26)40-7)31(38)28(41-33)19-24-18-21(4)36(23(24)6)25-16-14-20(3)15-17-25/h10-19,30H,8-9H2,1-7H3/b28-19+/t30-/m0/s1. The first-order valence-electron chi connectivity index (χ1n) is 13.9. The molecule has 0 bridgehead atoms. The smallest absolute Gasteiger partial charge is 0.271 e. The summed E-state index contributed by atoms with van der Waals surface area (Å²) in [7, 11) is 1.61. The Labute approximate surface area is 244 Å². The van der Waals surface area contributed by atoms with Crippen LogP contribution in [-0.2, 0) is 4.79 Å². The summed E-state index contributed by atoms with van der Waals surface area (Å²) in [4.78, 5) is 35.2. The number of hydrogen-bond donors (Lipinski definition) is 0. The third kappa shape index (κ3) is 4.97. The van der Waals surface area contributed by atoms with Gasteiger partial charge < -0.3 is 14.2 Å². The molecule has 2 aromatic heterocycles. The van der Waals surface area contributed by atoms with Gasteiger partial charge in [0.2, 0.25) is 0 Å². The van der Waals surface area contributed by atoms with Crippen LogP contribution in [0.4, 0.5) is 0 Å². The Kier molecular flexibility index (Phi) is 7.87. The normalized spacial score (nSPS) is 15.1. The molecule has 3 heterocycles. The van der Waals surface area contributed by atoms with Gasteiger partial charge in [-0.25, -0.2) is 4.99 Å². The summed E-state index contributed by atoms with van der Waals surface area (Å²) in [6, 6.07) is 17.4. The quantitative estimate of drug-likeness (QED) is 0.321. The third-order valence-electron chi connectivity index (χ3n) is 7.79. The van der Waals surface area contributed by atoms with E-state index in [9.17, 15) is 9.59 Å². The second-order valence-corrected chi connectivity index (χ2v) is 11.3. The Balaban J connectivity index is 1.72. The van der Waals surface area contributed by atoms with E-state index in [4.69, 9.17) is 9.73 Å². The summed E-state index contributed by atoms with van der Waals surface area (Å²) in [6.45, 7) is 13.1. The van der Waals surface area contributed by atoms with Gasteiger partial charge in [-0.1, -0.05) is 47.2 Å². The number of carbonyl (C=O) groups excluding carboxylic acids is 1. The van der Waals surface area contributed by atoms with Gasteiger partial charge in [0.1, 0.15) is 11.8 Å². The van der Waals surface area contributed by atoms with Gasteiger partial charge in [0, 0.05) is 35.7 Å². The molecule has 1 amide bonds. The monoisotopic (exact) mass is 568 g/mol. The number of allylic oxidation sites excluding steroid dienone is 1. The molecule has 1 aliphatic heterocycles. The Morgan fingerprint density at radius 1 is 1.05 bits per heavy atom. The average molecular weight is 569 g/mol. The SMILES string of the molecule is CCN(CC)C(=O)C1=C(C)N=c2s/c(=C/c3cc(C)n(-c4ccc(C)cc4)c3C)c(=O)n2[C@H]1c1ccccc1OC. The summed E-state index contributed by atoms with van der Waals surface area (Å²) in [5, 5.41) is 0. The first kappa shape index (κ1) is 28.4. The number of aromatic nitrogens is 2. The van der Waals surface area contributed by atoms with Crippen molar-refractivity contribution in [1.29, 1.82) is 0 Å². The maximum atomic E-state index is 14.2. The number of hydrogen-bond acceptors (Lipinski definition) is 5. The van der Waals surface area contributed by atoms with Crippen LogP contribution in [0.25, 0.3) is 11.8 Å². The Bertz CT molecular complexity index is 1840. The van der Waals surface area contributed by atoms with E-state index in [0.717, 1.165) is 28.2 Å². The van der Waals surface area contributed by atoms with Crippen molar-refractivity contribution in [2.75, 3.05) is 20.2 Å². The minimum atomic E-state index is -0.655. The van der Waals surface area contributed by atoms with Gasteiger partial charge in [0.05, 0.1) is 22.9 Å². The first-order chi connectivity index (χ1) is 19.7. The van der Waals surface area contributed by atoms with E-state index in [1.807, 2.05) is 51.1 Å². The highest BCUT2D eigenvalue weighted by Crippen LogP contribution is 2.36. The maximum Gasteiger partial charge on any atom is 0.271 e. The second kappa shape index (κ2) is 11.4. The lowest BCUT2D eigenvalue weighted by atomic mass is 9.94. The number of ether oxygens (including phenoxy) is 1. The number of rotatable bonds is 7. The van der Waals surface area contributed by atoms with Crippen LogP contribution in [0.2, 0.25) is 0 Å². The van der Waals surface area contributed by atoms with Crippen molar-refractivity contribution in [3.63, 3.8) is 0 Å². The van der Waals surface area contributed by atoms with E-state index in [2.05, 4.69) is 55.7 Å². The second-order valence-electron chi connectivity index (χ2n) is 10.3. The van der Waals surface area contributed by atoms with Crippen LogP contribution >= 0.6 is 11.3 Å². The number of nitrogens with zero attached hydrogens (tertiary/aromatic N) is 4. The van der Waals surface area contributed by atoms with Crippen LogP contribution < -0.4 is 19.6 Å². The topological polar surface area (TPSA) is 68.8 Å². The molecule has 41 heavy (non-hydrogen) atoms. The van der Waals surface area contributed by atoms with E-state index in [1.165, 1.54) is 16.9 Å². The highest BCUT2D eigenvalue weighted by atomic mass is 32.1. The molecule has 1 aliphatic rings. The van der Waals surface area contributed by atoms with Crippen molar-refractivity contribution in [3.8, 4) is 11.4 Å².